The minimum Gasteiger partial charge on any atom is -0.388 e. The van der Waals surface area contributed by atoms with Gasteiger partial charge in [0.25, 0.3) is 0 Å². The first-order valence-electron chi connectivity index (χ1n) is 7.26. The Morgan fingerprint density at radius 3 is 2.80 bits per heavy atom. The molecule has 3 rings (SSSR count). The van der Waals surface area contributed by atoms with Crippen LogP contribution < -0.4 is 10.2 Å². The van der Waals surface area contributed by atoms with Crippen molar-refractivity contribution >= 4 is 11.7 Å². The first kappa shape index (κ1) is 13.2. The molecule has 2 aliphatic rings. The quantitative estimate of drug-likeness (QED) is 0.875. The Labute approximate surface area is 119 Å². The van der Waals surface area contributed by atoms with E-state index in [1.807, 2.05) is 24.0 Å². The average molecular weight is 275 g/mol. The first-order valence-corrected chi connectivity index (χ1v) is 7.26. The molecule has 0 radical (unpaired) electrons. The van der Waals surface area contributed by atoms with Crippen molar-refractivity contribution in [3.8, 4) is 0 Å². The predicted octanol–water partition coefficient (Wildman–Crippen LogP) is 1.34. The molecule has 2 aliphatic heterocycles. The van der Waals surface area contributed by atoms with Gasteiger partial charge in [0.2, 0.25) is 0 Å². The maximum atomic E-state index is 11.6. The standard InChI is InChI=1S/C15H21N3O2/c1-2-14(19)11-3-5-12(6-4-11)17-7-8-18-13(10-17)9-16-15(18)20/h3-6,13-14,19H,2,7-10H2,1H3,(H,16,20). The topological polar surface area (TPSA) is 55.8 Å². The Kier molecular flexibility index (Phi) is 3.53. The van der Waals surface area contributed by atoms with Gasteiger partial charge in [0.05, 0.1) is 12.1 Å². The lowest BCUT2D eigenvalue weighted by atomic mass is 10.1. The third-order valence-corrected chi connectivity index (χ3v) is 4.26. The van der Waals surface area contributed by atoms with Gasteiger partial charge in [-0.15, -0.1) is 0 Å². The molecule has 0 saturated carbocycles. The van der Waals surface area contributed by atoms with Crippen LogP contribution in [0.15, 0.2) is 24.3 Å². The number of fused-ring (bicyclic) bond motifs is 1. The summed E-state index contributed by atoms with van der Waals surface area (Å²) in [7, 11) is 0. The number of hydrogen-bond donors (Lipinski definition) is 2. The summed E-state index contributed by atoms with van der Waals surface area (Å²) in [6, 6.07) is 8.46. The van der Waals surface area contributed by atoms with E-state index in [9.17, 15) is 9.90 Å². The summed E-state index contributed by atoms with van der Waals surface area (Å²) in [5.41, 5.74) is 2.13. The van der Waals surface area contributed by atoms with Crippen LogP contribution in [0.5, 0.6) is 0 Å². The highest BCUT2D eigenvalue weighted by molar-refractivity contribution is 5.77. The van der Waals surface area contributed by atoms with Crippen LogP contribution in [0.3, 0.4) is 0 Å². The maximum Gasteiger partial charge on any atom is 0.317 e. The second-order valence-electron chi connectivity index (χ2n) is 5.49. The van der Waals surface area contributed by atoms with Gasteiger partial charge in [0, 0.05) is 31.9 Å². The number of benzene rings is 1. The fraction of sp³-hybridized carbons (Fsp3) is 0.533. The van der Waals surface area contributed by atoms with Gasteiger partial charge in [0.1, 0.15) is 0 Å². The second-order valence-corrected chi connectivity index (χ2v) is 5.49. The largest absolute Gasteiger partial charge is 0.388 e. The molecule has 2 saturated heterocycles. The van der Waals surface area contributed by atoms with E-state index in [0.717, 1.165) is 43.9 Å². The van der Waals surface area contributed by atoms with Gasteiger partial charge < -0.3 is 20.2 Å². The lowest BCUT2D eigenvalue weighted by molar-refractivity contribution is 0.173. The Bertz CT molecular complexity index is 488. The molecule has 1 aromatic rings. The number of amides is 2. The van der Waals surface area contributed by atoms with Crippen LogP contribution >= 0.6 is 0 Å². The van der Waals surface area contributed by atoms with Crippen molar-refractivity contribution in [2.75, 3.05) is 31.1 Å². The predicted molar refractivity (Wildman–Crippen MR) is 77.8 cm³/mol. The fourth-order valence-electron chi connectivity index (χ4n) is 2.98. The van der Waals surface area contributed by atoms with Crippen molar-refractivity contribution in [1.29, 1.82) is 0 Å². The number of anilines is 1. The van der Waals surface area contributed by atoms with Crippen LogP contribution in [0.4, 0.5) is 10.5 Å². The summed E-state index contributed by atoms with van der Waals surface area (Å²) in [5.74, 6) is 0. The molecule has 5 heteroatoms. The number of urea groups is 1. The third kappa shape index (κ3) is 2.33. The van der Waals surface area contributed by atoms with Crippen molar-refractivity contribution < 1.29 is 9.90 Å². The van der Waals surface area contributed by atoms with Gasteiger partial charge in [-0.1, -0.05) is 19.1 Å². The van der Waals surface area contributed by atoms with Crippen LogP contribution in [-0.4, -0.2) is 48.3 Å². The molecule has 0 aliphatic carbocycles. The summed E-state index contributed by atoms with van der Waals surface area (Å²) in [5, 5.41) is 12.7. The highest BCUT2D eigenvalue weighted by Crippen LogP contribution is 2.24. The number of nitrogens with one attached hydrogen (secondary N) is 1. The molecule has 108 valence electrons. The molecule has 2 atom stereocenters. The lowest BCUT2D eigenvalue weighted by Crippen LogP contribution is -2.52. The maximum absolute atomic E-state index is 11.6. The molecule has 2 N–H and O–H groups in total. The molecule has 2 heterocycles. The molecule has 1 aromatic carbocycles. The van der Waals surface area contributed by atoms with Gasteiger partial charge >= 0.3 is 6.03 Å². The zero-order valence-corrected chi connectivity index (χ0v) is 11.7. The summed E-state index contributed by atoms with van der Waals surface area (Å²) < 4.78 is 0. The van der Waals surface area contributed by atoms with Crippen LogP contribution in [0.1, 0.15) is 25.0 Å². The van der Waals surface area contributed by atoms with Gasteiger partial charge in [0.15, 0.2) is 0 Å². The number of carbonyl (C=O) groups is 1. The first-order chi connectivity index (χ1) is 9.69. The third-order valence-electron chi connectivity index (χ3n) is 4.26. The Balaban J connectivity index is 1.69. The molecule has 2 unspecified atom stereocenters. The van der Waals surface area contributed by atoms with E-state index in [1.54, 1.807) is 0 Å². The molecule has 2 fully saturated rings. The summed E-state index contributed by atoms with van der Waals surface area (Å²) in [6.45, 7) is 5.22. The molecule has 5 nitrogen and oxygen atoms in total. The van der Waals surface area contributed by atoms with Crippen molar-refractivity contribution in [3.63, 3.8) is 0 Å². The number of rotatable bonds is 3. The van der Waals surface area contributed by atoms with Crippen LogP contribution in [0.2, 0.25) is 0 Å². The second kappa shape index (κ2) is 5.32. The minimum absolute atomic E-state index is 0.0658. The average Bonchev–Trinajstić information content (AvgIpc) is 2.87. The minimum atomic E-state index is -0.377. The van der Waals surface area contributed by atoms with E-state index in [4.69, 9.17) is 0 Å². The van der Waals surface area contributed by atoms with Crippen molar-refractivity contribution in [1.82, 2.24) is 10.2 Å². The molecular formula is C15H21N3O2. The molecule has 2 amide bonds. The molecular weight excluding hydrogens is 254 g/mol. The summed E-state index contributed by atoms with van der Waals surface area (Å²) >= 11 is 0. The van der Waals surface area contributed by atoms with E-state index in [1.165, 1.54) is 0 Å². The SMILES string of the molecule is CCC(O)c1ccc(N2CCN3C(=O)NCC3C2)cc1. The highest BCUT2D eigenvalue weighted by atomic mass is 16.3. The van der Waals surface area contributed by atoms with Crippen molar-refractivity contribution in [3.05, 3.63) is 29.8 Å². The Morgan fingerprint density at radius 2 is 2.10 bits per heavy atom. The molecule has 0 bridgehead atoms. The molecule has 0 aromatic heterocycles. The Hall–Kier alpha value is -1.75. The highest BCUT2D eigenvalue weighted by Gasteiger charge is 2.35. The zero-order chi connectivity index (χ0) is 14.1. The van der Waals surface area contributed by atoms with E-state index in [-0.39, 0.29) is 18.2 Å². The van der Waals surface area contributed by atoms with Crippen LogP contribution in [0, 0.1) is 0 Å². The number of hydrogen-bond acceptors (Lipinski definition) is 3. The molecule has 0 spiro atoms. The smallest absolute Gasteiger partial charge is 0.317 e. The number of carbonyl (C=O) groups excluding carboxylic acids is 1. The van der Waals surface area contributed by atoms with Gasteiger partial charge in [-0.25, -0.2) is 4.79 Å². The van der Waals surface area contributed by atoms with Crippen LogP contribution in [-0.2, 0) is 0 Å². The number of aliphatic hydroxyl groups is 1. The summed E-state index contributed by atoms with van der Waals surface area (Å²) in [6.07, 6.45) is 0.353. The lowest BCUT2D eigenvalue weighted by Gasteiger charge is -2.37. The van der Waals surface area contributed by atoms with E-state index in [2.05, 4.69) is 22.3 Å². The van der Waals surface area contributed by atoms with Gasteiger partial charge in [-0.2, -0.15) is 0 Å². The van der Waals surface area contributed by atoms with Gasteiger partial charge in [-0.05, 0) is 24.1 Å². The van der Waals surface area contributed by atoms with Crippen molar-refractivity contribution in [2.45, 2.75) is 25.5 Å². The molecule has 20 heavy (non-hydrogen) atoms. The Morgan fingerprint density at radius 1 is 1.35 bits per heavy atom. The normalized spacial score (nSPS) is 23.5. The fourth-order valence-corrected chi connectivity index (χ4v) is 2.98. The summed E-state index contributed by atoms with van der Waals surface area (Å²) in [4.78, 5) is 15.8. The van der Waals surface area contributed by atoms with Crippen LogP contribution in [0.25, 0.3) is 0 Å². The number of piperazine rings is 1. The van der Waals surface area contributed by atoms with E-state index in [0.29, 0.717) is 0 Å². The number of aliphatic hydroxyl groups excluding tert-OH is 1. The monoisotopic (exact) mass is 275 g/mol. The van der Waals surface area contributed by atoms with Crippen molar-refractivity contribution in [2.24, 2.45) is 0 Å². The zero-order valence-electron chi connectivity index (χ0n) is 11.7. The van der Waals surface area contributed by atoms with E-state index < -0.39 is 0 Å². The van der Waals surface area contributed by atoms with Gasteiger partial charge in [-0.3, -0.25) is 0 Å². The van der Waals surface area contributed by atoms with E-state index >= 15 is 0 Å². The number of nitrogens with zero attached hydrogens (tertiary/aromatic N) is 2.